The van der Waals surface area contributed by atoms with Crippen molar-refractivity contribution < 1.29 is 4.74 Å². The molecule has 3 aromatic heterocycles. The van der Waals surface area contributed by atoms with Crippen LogP contribution in [0, 0.1) is 6.92 Å². The zero-order valence-electron chi connectivity index (χ0n) is 14.6. The highest BCUT2D eigenvalue weighted by Gasteiger charge is 2.18. The van der Waals surface area contributed by atoms with Crippen LogP contribution in [0.25, 0.3) is 17.0 Å². The molecule has 0 unspecified atom stereocenters. The fourth-order valence-electron chi connectivity index (χ4n) is 2.43. The van der Waals surface area contributed by atoms with Crippen LogP contribution in [0.15, 0.2) is 35.5 Å². The molecular formula is C18H22N4OS. The molecule has 0 saturated carbocycles. The van der Waals surface area contributed by atoms with Gasteiger partial charge in [-0.3, -0.25) is 4.40 Å². The van der Waals surface area contributed by atoms with Gasteiger partial charge in [-0.15, -0.1) is 11.8 Å². The first-order chi connectivity index (χ1) is 11.3. The van der Waals surface area contributed by atoms with Crippen LogP contribution in [0.4, 0.5) is 5.82 Å². The van der Waals surface area contributed by atoms with Crippen molar-refractivity contribution in [1.82, 2.24) is 14.4 Å². The van der Waals surface area contributed by atoms with Crippen LogP contribution in [0.1, 0.15) is 26.3 Å². The molecule has 2 N–H and O–H groups in total. The minimum Gasteiger partial charge on any atom is -0.495 e. The van der Waals surface area contributed by atoms with Gasteiger partial charge in [0.25, 0.3) is 0 Å². The maximum absolute atomic E-state index is 5.96. The van der Waals surface area contributed by atoms with Crippen molar-refractivity contribution in [3.05, 3.63) is 36.2 Å². The number of imidazole rings is 1. The number of aryl methyl sites for hydroxylation is 1. The lowest BCUT2D eigenvalue weighted by Gasteiger charge is -2.19. The van der Waals surface area contributed by atoms with E-state index in [1.807, 2.05) is 35.7 Å². The number of nitrogens with zero attached hydrogens (tertiary/aromatic N) is 3. The molecule has 0 amide bonds. The quantitative estimate of drug-likeness (QED) is 0.723. The molecule has 0 radical (unpaired) electrons. The van der Waals surface area contributed by atoms with Gasteiger partial charge in [0, 0.05) is 17.0 Å². The average molecular weight is 342 g/mol. The maximum Gasteiger partial charge on any atom is 0.141 e. The average Bonchev–Trinajstić information content (AvgIpc) is 2.90. The van der Waals surface area contributed by atoms with Gasteiger partial charge in [0.2, 0.25) is 0 Å². The number of fused-ring (bicyclic) bond motifs is 1. The summed E-state index contributed by atoms with van der Waals surface area (Å²) >= 11 is 1.76. The van der Waals surface area contributed by atoms with Gasteiger partial charge in [0.05, 0.1) is 29.6 Å². The second kappa shape index (κ2) is 6.02. The first-order valence-corrected chi connectivity index (χ1v) is 8.58. The Morgan fingerprint density at radius 2 is 2.00 bits per heavy atom. The Balaban J connectivity index is 2.16. The standard InChI is InChI=1S/C18H22N4OS/c1-11-6-7-12(21-17(11)19)13-9-20-16-8-14(23-5)15(10-22(13)16)24-18(2,3)4/h6-10H,1-5H3,(H2,19,21). The fourth-order valence-corrected chi connectivity index (χ4v) is 3.49. The SMILES string of the molecule is COc1cc2ncc(-c3ccc(C)c(N)n3)n2cc1SC(C)(C)C. The van der Waals surface area contributed by atoms with E-state index in [9.17, 15) is 0 Å². The third kappa shape index (κ3) is 3.19. The number of hydrogen-bond acceptors (Lipinski definition) is 5. The normalized spacial score (nSPS) is 11.9. The molecule has 0 atom stereocenters. The molecule has 0 aromatic carbocycles. The first kappa shape index (κ1) is 16.6. The lowest BCUT2D eigenvalue weighted by atomic mass is 10.2. The molecule has 0 aliphatic carbocycles. The Morgan fingerprint density at radius 1 is 1.25 bits per heavy atom. The zero-order valence-corrected chi connectivity index (χ0v) is 15.4. The summed E-state index contributed by atoms with van der Waals surface area (Å²) in [5.41, 5.74) is 9.48. The summed E-state index contributed by atoms with van der Waals surface area (Å²) in [6, 6.07) is 5.90. The molecule has 3 aromatic rings. The van der Waals surface area contributed by atoms with Crippen LogP contribution in [0.2, 0.25) is 0 Å². The number of anilines is 1. The molecule has 0 saturated heterocycles. The van der Waals surface area contributed by atoms with Crippen molar-refractivity contribution in [1.29, 1.82) is 0 Å². The van der Waals surface area contributed by atoms with Crippen LogP contribution >= 0.6 is 11.8 Å². The molecule has 5 nitrogen and oxygen atoms in total. The maximum atomic E-state index is 5.96. The van der Waals surface area contributed by atoms with E-state index in [1.165, 1.54) is 0 Å². The topological polar surface area (TPSA) is 65.4 Å². The summed E-state index contributed by atoms with van der Waals surface area (Å²) in [4.78, 5) is 10.0. The lowest BCUT2D eigenvalue weighted by molar-refractivity contribution is 0.404. The van der Waals surface area contributed by atoms with Gasteiger partial charge in [0.1, 0.15) is 17.2 Å². The molecule has 126 valence electrons. The summed E-state index contributed by atoms with van der Waals surface area (Å²) in [5, 5.41) is 0. The van der Waals surface area contributed by atoms with E-state index in [2.05, 4.69) is 36.9 Å². The van der Waals surface area contributed by atoms with Crippen LogP contribution in [0.5, 0.6) is 5.75 Å². The predicted octanol–water partition coefficient (Wildman–Crippen LogP) is 4.19. The van der Waals surface area contributed by atoms with Crippen LogP contribution in [0.3, 0.4) is 0 Å². The first-order valence-electron chi connectivity index (χ1n) is 7.76. The lowest BCUT2D eigenvalue weighted by Crippen LogP contribution is -2.08. The third-order valence-electron chi connectivity index (χ3n) is 3.61. The second-order valence-corrected chi connectivity index (χ2v) is 8.56. The minimum atomic E-state index is 0.0776. The minimum absolute atomic E-state index is 0.0776. The Hall–Kier alpha value is -2.21. The van der Waals surface area contributed by atoms with E-state index >= 15 is 0 Å². The van der Waals surface area contributed by atoms with E-state index in [4.69, 9.17) is 10.5 Å². The molecule has 0 bridgehead atoms. The van der Waals surface area contributed by atoms with Gasteiger partial charge in [-0.1, -0.05) is 26.8 Å². The summed E-state index contributed by atoms with van der Waals surface area (Å²) < 4.78 is 7.65. The summed E-state index contributed by atoms with van der Waals surface area (Å²) in [6.07, 6.45) is 3.88. The molecular weight excluding hydrogens is 320 g/mol. The number of methoxy groups -OCH3 is 1. The van der Waals surface area contributed by atoms with E-state index < -0.39 is 0 Å². The predicted molar refractivity (Wildman–Crippen MR) is 99.7 cm³/mol. The van der Waals surface area contributed by atoms with Crippen molar-refractivity contribution in [2.45, 2.75) is 37.3 Å². The van der Waals surface area contributed by atoms with E-state index in [0.29, 0.717) is 5.82 Å². The van der Waals surface area contributed by atoms with Crippen LogP contribution in [-0.4, -0.2) is 26.2 Å². The highest BCUT2D eigenvalue weighted by atomic mass is 32.2. The summed E-state index contributed by atoms with van der Waals surface area (Å²) in [6.45, 7) is 8.48. The van der Waals surface area contributed by atoms with Crippen molar-refractivity contribution in [3.63, 3.8) is 0 Å². The van der Waals surface area contributed by atoms with E-state index in [-0.39, 0.29) is 4.75 Å². The Morgan fingerprint density at radius 3 is 2.62 bits per heavy atom. The number of pyridine rings is 2. The summed E-state index contributed by atoms with van der Waals surface area (Å²) in [7, 11) is 1.69. The van der Waals surface area contributed by atoms with Gasteiger partial charge in [-0.2, -0.15) is 0 Å². The second-order valence-electron chi connectivity index (χ2n) is 6.69. The number of nitrogens with two attached hydrogens (primary N) is 1. The molecule has 0 aliphatic heterocycles. The van der Waals surface area contributed by atoms with Gasteiger partial charge >= 0.3 is 0 Å². The Labute approximate surface area is 146 Å². The molecule has 0 spiro atoms. The highest BCUT2D eigenvalue weighted by Crippen LogP contribution is 2.39. The van der Waals surface area contributed by atoms with Gasteiger partial charge in [0.15, 0.2) is 0 Å². The molecule has 6 heteroatoms. The van der Waals surface area contributed by atoms with Crippen LogP contribution in [-0.2, 0) is 0 Å². The van der Waals surface area contributed by atoms with Crippen LogP contribution < -0.4 is 10.5 Å². The molecule has 24 heavy (non-hydrogen) atoms. The zero-order chi connectivity index (χ0) is 17.5. The number of hydrogen-bond donors (Lipinski definition) is 1. The Bertz CT molecular complexity index is 896. The van der Waals surface area contributed by atoms with Crippen molar-refractivity contribution >= 4 is 23.2 Å². The number of rotatable bonds is 3. The smallest absolute Gasteiger partial charge is 0.141 e. The van der Waals surface area contributed by atoms with Gasteiger partial charge in [-0.05, 0) is 18.6 Å². The molecule has 0 aliphatic rings. The molecule has 0 fully saturated rings. The number of nitrogen functional groups attached to an aromatic ring is 1. The number of aromatic nitrogens is 3. The summed E-state index contributed by atoms with van der Waals surface area (Å²) in [5.74, 6) is 1.37. The van der Waals surface area contributed by atoms with Crippen molar-refractivity contribution in [2.75, 3.05) is 12.8 Å². The monoisotopic (exact) mass is 342 g/mol. The van der Waals surface area contributed by atoms with Gasteiger partial charge < -0.3 is 10.5 Å². The van der Waals surface area contributed by atoms with E-state index in [0.717, 1.165) is 33.2 Å². The molecule has 3 heterocycles. The van der Waals surface area contributed by atoms with Crippen molar-refractivity contribution in [2.24, 2.45) is 0 Å². The van der Waals surface area contributed by atoms with Crippen molar-refractivity contribution in [3.8, 4) is 17.1 Å². The molecule has 3 rings (SSSR count). The largest absolute Gasteiger partial charge is 0.495 e. The number of thioether (sulfide) groups is 1. The fraction of sp³-hybridized carbons (Fsp3) is 0.333. The Kier molecular flexibility index (Phi) is 4.17. The number of ether oxygens (including phenoxy) is 1. The van der Waals surface area contributed by atoms with E-state index in [1.54, 1.807) is 18.9 Å². The third-order valence-corrected chi connectivity index (χ3v) is 4.75. The highest BCUT2D eigenvalue weighted by molar-refractivity contribution is 8.00. The van der Waals surface area contributed by atoms with Gasteiger partial charge in [-0.25, -0.2) is 9.97 Å².